The van der Waals surface area contributed by atoms with E-state index in [9.17, 15) is 24.3 Å². The number of anilines is 1. The predicted octanol–water partition coefficient (Wildman–Crippen LogP) is 4.46. The van der Waals surface area contributed by atoms with Crippen molar-refractivity contribution in [2.24, 2.45) is 11.8 Å². The van der Waals surface area contributed by atoms with Crippen LogP contribution in [-0.4, -0.2) is 96.2 Å². The number of esters is 1. The number of nitrogens with zero attached hydrogens (tertiary/aromatic N) is 3. The number of rotatable bonds is 17. The van der Waals surface area contributed by atoms with Crippen molar-refractivity contribution in [1.29, 1.82) is 0 Å². The lowest BCUT2D eigenvalue weighted by Crippen LogP contribution is -2.56. The molecule has 1 N–H and O–H groups in total. The van der Waals surface area contributed by atoms with Gasteiger partial charge in [0.15, 0.2) is 0 Å². The second-order valence-corrected chi connectivity index (χ2v) is 13.3. The van der Waals surface area contributed by atoms with E-state index in [4.69, 9.17) is 14.2 Å². The number of allylic oxidation sites excluding steroid dienone is 1. The number of benzene rings is 2. The fraction of sp³-hybridized carbons (Fsp3) is 0.487. The first-order chi connectivity index (χ1) is 24.1. The molecule has 2 aromatic carbocycles. The fourth-order valence-electron chi connectivity index (χ4n) is 7.82. The summed E-state index contributed by atoms with van der Waals surface area (Å²) in [7, 11) is 3.25. The van der Waals surface area contributed by atoms with Crippen LogP contribution in [0.4, 0.5) is 5.69 Å². The maximum atomic E-state index is 14.7. The summed E-state index contributed by atoms with van der Waals surface area (Å²) in [6.45, 7) is 9.76. The summed E-state index contributed by atoms with van der Waals surface area (Å²) in [5.74, 6) is -2.61. The molecule has 3 aliphatic rings. The minimum atomic E-state index is -1.24. The van der Waals surface area contributed by atoms with Gasteiger partial charge in [-0.2, -0.15) is 0 Å². The zero-order valence-corrected chi connectivity index (χ0v) is 29.2. The molecule has 3 heterocycles. The minimum Gasteiger partial charge on any atom is -0.497 e. The number of methoxy groups -OCH3 is 1. The first kappa shape index (κ1) is 36.8. The normalized spacial score (nSPS) is 24.6. The molecule has 7 atom stereocenters. The summed E-state index contributed by atoms with van der Waals surface area (Å²) < 4.78 is 18.3. The number of aliphatic hydroxyl groups excluding tert-OH is 1. The molecule has 1 spiro atoms. The average Bonchev–Trinajstić information content (AvgIpc) is 3.78. The molecule has 0 aromatic heterocycles. The number of carbonyl (C=O) groups excluding carboxylic acids is 4. The van der Waals surface area contributed by atoms with Crippen molar-refractivity contribution in [3.63, 3.8) is 0 Å². The Morgan fingerprint density at radius 2 is 1.82 bits per heavy atom. The van der Waals surface area contributed by atoms with Crippen LogP contribution in [0.5, 0.6) is 5.75 Å². The third kappa shape index (κ3) is 6.93. The summed E-state index contributed by atoms with van der Waals surface area (Å²) >= 11 is 0. The molecule has 3 fully saturated rings. The molecule has 0 unspecified atom stereocenters. The fourth-order valence-corrected chi connectivity index (χ4v) is 7.82. The average molecular weight is 688 g/mol. The zero-order chi connectivity index (χ0) is 36.0. The SMILES string of the molecule is C=CCCC(=O)N(C)[C@@H](C)[C@@H](OC(=O)[C@@H]1[C@H]2C(=O)N(CCCCO)[C@H](C(=O)N(CC=C)c3ccc(OC)cc3)[C@]23CC[C@H]1O3)c1ccccc1. The third-order valence-corrected chi connectivity index (χ3v) is 10.5. The highest BCUT2D eigenvalue weighted by atomic mass is 16.6. The van der Waals surface area contributed by atoms with E-state index in [1.54, 1.807) is 65.3 Å². The van der Waals surface area contributed by atoms with E-state index < -0.39 is 47.7 Å². The van der Waals surface area contributed by atoms with Gasteiger partial charge in [0.05, 0.1) is 31.1 Å². The predicted molar refractivity (Wildman–Crippen MR) is 188 cm³/mol. The van der Waals surface area contributed by atoms with Crippen LogP contribution in [0.25, 0.3) is 0 Å². The van der Waals surface area contributed by atoms with E-state index in [0.717, 1.165) is 0 Å². The van der Waals surface area contributed by atoms with Crippen LogP contribution in [0.1, 0.15) is 57.1 Å². The van der Waals surface area contributed by atoms with Gasteiger partial charge in [-0.1, -0.05) is 42.5 Å². The van der Waals surface area contributed by atoms with Crippen molar-refractivity contribution >= 4 is 29.4 Å². The van der Waals surface area contributed by atoms with Crippen LogP contribution in [0.2, 0.25) is 0 Å². The molecule has 5 rings (SSSR count). The Bertz CT molecular complexity index is 1550. The molecular formula is C39H49N3O8. The summed E-state index contributed by atoms with van der Waals surface area (Å²) in [5.41, 5.74) is 0.0820. The Balaban J connectivity index is 1.48. The highest BCUT2D eigenvalue weighted by molar-refractivity contribution is 6.04. The van der Waals surface area contributed by atoms with Crippen molar-refractivity contribution < 1.29 is 38.5 Å². The lowest BCUT2D eigenvalue weighted by Gasteiger charge is -2.37. The minimum absolute atomic E-state index is 0.0548. The number of carbonyl (C=O) groups is 4. The third-order valence-electron chi connectivity index (χ3n) is 10.5. The largest absolute Gasteiger partial charge is 0.497 e. The number of hydrogen-bond donors (Lipinski definition) is 1. The van der Waals surface area contributed by atoms with Crippen LogP contribution in [-0.2, 0) is 28.7 Å². The molecule has 11 nitrogen and oxygen atoms in total. The first-order valence-electron chi connectivity index (χ1n) is 17.4. The van der Waals surface area contributed by atoms with Gasteiger partial charge in [-0.05, 0) is 68.9 Å². The van der Waals surface area contributed by atoms with E-state index in [-0.39, 0.29) is 43.8 Å². The second kappa shape index (κ2) is 16.0. The summed E-state index contributed by atoms with van der Waals surface area (Å²) in [6, 6.07) is 14.8. The van der Waals surface area contributed by atoms with Crippen LogP contribution in [0, 0.1) is 11.8 Å². The number of likely N-dealkylation sites (tertiary alicyclic amines) is 1. The molecular weight excluding hydrogens is 638 g/mol. The van der Waals surface area contributed by atoms with Crippen LogP contribution in [0.3, 0.4) is 0 Å². The molecule has 3 aliphatic heterocycles. The van der Waals surface area contributed by atoms with E-state index in [1.165, 1.54) is 0 Å². The van der Waals surface area contributed by atoms with Gasteiger partial charge in [0.25, 0.3) is 5.91 Å². The number of fused-ring (bicyclic) bond motifs is 1. The Morgan fingerprint density at radius 1 is 1.10 bits per heavy atom. The van der Waals surface area contributed by atoms with Gasteiger partial charge in [-0.25, -0.2) is 0 Å². The van der Waals surface area contributed by atoms with Crippen molar-refractivity contribution in [2.75, 3.05) is 38.8 Å². The highest BCUT2D eigenvalue weighted by Gasteiger charge is 2.75. The molecule has 0 radical (unpaired) electrons. The number of aliphatic hydroxyl groups is 1. The van der Waals surface area contributed by atoms with E-state index >= 15 is 0 Å². The van der Waals surface area contributed by atoms with Crippen molar-refractivity contribution in [3.8, 4) is 5.75 Å². The van der Waals surface area contributed by atoms with E-state index in [0.29, 0.717) is 49.1 Å². The monoisotopic (exact) mass is 687 g/mol. The Labute approximate surface area is 294 Å². The van der Waals surface area contributed by atoms with E-state index in [1.807, 2.05) is 37.3 Å². The topological polar surface area (TPSA) is 126 Å². The van der Waals surface area contributed by atoms with Crippen molar-refractivity contribution in [3.05, 3.63) is 85.5 Å². The van der Waals surface area contributed by atoms with Crippen molar-refractivity contribution in [1.82, 2.24) is 9.80 Å². The second-order valence-electron chi connectivity index (χ2n) is 13.3. The number of likely N-dealkylation sites (N-methyl/N-ethyl adjacent to an activating group) is 1. The zero-order valence-electron chi connectivity index (χ0n) is 29.2. The quantitative estimate of drug-likeness (QED) is 0.147. The van der Waals surface area contributed by atoms with Crippen LogP contribution >= 0.6 is 0 Å². The summed E-state index contributed by atoms with van der Waals surface area (Å²) in [5, 5.41) is 9.53. The number of unbranched alkanes of at least 4 members (excludes halogenated alkanes) is 1. The van der Waals surface area contributed by atoms with Gasteiger partial charge >= 0.3 is 5.97 Å². The molecule has 268 valence electrons. The Morgan fingerprint density at radius 3 is 2.46 bits per heavy atom. The smallest absolute Gasteiger partial charge is 0.313 e. The lowest BCUT2D eigenvalue weighted by atomic mass is 9.70. The molecule has 3 amide bonds. The summed E-state index contributed by atoms with van der Waals surface area (Å²) in [4.78, 5) is 61.3. The van der Waals surface area contributed by atoms with Crippen LogP contribution in [0.15, 0.2) is 79.9 Å². The molecule has 0 saturated carbocycles. The van der Waals surface area contributed by atoms with Gasteiger partial charge in [0.1, 0.15) is 23.5 Å². The van der Waals surface area contributed by atoms with Gasteiger partial charge in [-0.15, -0.1) is 13.2 Å². The highest BCUT2D eigenvalue weighted by Crippen LogP contribution is 2.59. The number of ether oxygens (including phenoxy) is 3. The molecule has 2 bridgehead atoms. The Hall–Kier alpha value is -4.48. The van der Waals surface area contributed by atoms with Gasteiger partial charge in [0.2, 0.25) is 11.8 Å². The van der Waals surface area contributed by atoms with Gasteiger partial charge in [-0.3, -0.25) is 19.2 Å². The number of amides is 3. The maximum absolute atomic E-state index is 14.7. The first-order valence-corrected chi connectivity index (χ1v) is 17.4. The van der Waals surface area contributed by atoms with Gasteiger partial charge in [0, 0.05) is 38.9 Å². The van der Waals surface area contributed by atoms with Crippen molar-refractivity contribution in [2.45, 2.75) is 75.3 Å². The lowest BCUT2D eigenvalue weighted by molar-refractivity contribution is -0.164. The number of hydrogen-bond acceptors (Lipinski definition) is 8. The van der Waals surface area contributed by atoms with Crippen LogP contribution < -0.4 is 9.64 Å². The molecule has 3 saturated heterocycles. The molecule has 50 heavy (non-hydrogen) atoms. The maximum Gasteiger partial charge on any atom is 0.313 e. The Kier molecular flexibility index (Phi) is 11.8. The van der Waals surface area contributed by atoms with Gasteiger partial charge < -0.3 is 34.0 Å². The molecule has 2 aromatic rings. The van der Waals surface area contributed by atoms with E-state index in [2.05, 4.69) is 13.2 Å². The standard InChI is InChI=1S/C39H49N3O8/c1-6-8-16-31(44)40(4)26(3)34(27-14-10-9-11-15-27)49-38(47)32-30-21-22-39(50-30)33(32)36(45)42(24-12-13-25-43)35(39)37(46)41(23-7-2)28-17-19-29(48-5)20-18-28/h6-7,9-11,14-15,17-20,26,30,32-35,43H,1-2,8,12-13,16,21-25H2,3-5H3/t26-,30+,32-,33-,34+,35+,39-/m0/s1. The molecule has 0 aliphatic carbocycles. The summed E-state index contributed by atoms with van der Waals surface area (Å²) in [6.07, 6.45) is 4.51. The molecule has 11 heteroatoms.